The average molecular weight is 235 g/mol. The fraction of sp³-hybridized carbons (Fsp3) is 0.100. The molecule has 16 heavy (non-hydrogen) atoms. The number of benzene rings is 1. The van der Waals surface area contributed by atoms with Crippen molar-refractivity contribution in [1.29, 1.82) is 0 Å². The summed E-state index contributed by atoms with van der Waals surface area (Å²) in [6.07, 6.45) is 2.92. The van der Waals surface area contributed by atoms with Gasteiger partial charge >= 0.3 is 7.12 Å². The summed E-state index contributed by atoms with van der Waals surface area (Å²) in [5, 5.41) is 10.1. The maximum Gasteiger partial charge on any atom is 0.491 e. The second-order valence-corrected chi connectivity index (χ2v) is 3.97. The lowest BCUT2D eigenvalue weighted by Crippen LogP contribution is -2.28. The van der Waals surface area contributed by atoms with E-state index in [1.807, 2.05) is 0 Å². The molecule has 1 aliphatic heterocycles. The van der Waals surface area contributed by atoms with Gasteiger partial charge in [-0.15, -0.1) is 0 Å². The molecule has 0 amide bonds. The van der Waals surface area contributed by atoms with Gasteiger partial charge < -0.3 is 14.1 Å². The monoisotopic (exact) mass is 235 g/mol. The molecule has 4 nitrogen and oxygen atoms in total. The largest absolute Gasteiger partial charge is 0.491 e. The molecule has 3 rings (SSSR count). The first-order valence-corrected chi connectivity index (χ1v) is 5.14. The highest BCUT2D eigenvalue weighted by atomic mass is 35.5. The molecule has 0 atom stereocenters. The molecule has 1 aromatic heterocycles. The lowest BCUT2D eigenvalue weighted by molar-refractivity contribution is 0.275. The Hall–Kier alpha value is -1.30. The number of oxazole rings is 1. The van der Waals surface area contributed by atoms with Crippen molar-refractivity contribution in [3.05, 3.63) is 35.3 Å². The molecule has 6 heteroatoms. The Balaban J connectivity index is 2.17. The predicted octanol–water partition coefficient (Wildman–Crippen LogP) is 1.21. The Bertz CT molecular complexity index is 529. The van der Waals surface area contributed by atoms with Crippen LogP contribution in [0.3, 0.4) is 0 Å². The third-order valence-electron chi connectivity index (χ3n) is 2.59. The lowest BCUT2D eigenvalue weighted by atomic mass is 9.78. The van der Waals surface area contributed by atoms with Crippen LogP contribution in [0.4, 0.5) is 0 Å². The van der Waals surface area contributed by atoms with E-state index in [1.54, 1.807) is 18.3 Å². The second-order valence-electron chi connectivity index (χ2n) is 3.56. The molecule has 0 spiro atoms. The normalized spacial score (nSPS) is 14.2. The van der Waals surface area contributed by atoms with Gasteiger partial charge in [-0.05, 0) is 23.2 Å². The van der Waals surface area contributed by atoms with Crippen LogP contribution in [-0.2, 0) is 11.3 Å². The SMILES string of the molecule is OB1OCc2cc(Cl)c(-c3cnco3)cc21. The van der Waals surface area contributed by atoms with Crippen molar-refractivity contribution in [3.8, 4) is 11.3 Å². The number of aromatic nitrogens is 1. The molecule has 0 aliphatic carbocycles. The number of hydrogen-bond donors (Lipinski definition) is 1. The number of nitrogens with zero attached hydrogens (tertiary/aromatic N) is 1. The zero-order valence-electron chi connectivity index (χ0n) is 8.18. The average Bonchev–Trinajstić information content (AvgIpc) is 2.88. The van der Waals surface area contributed by atoms with Gasteiger partial charge in [-0.1, -0.05) is 11.6 Å². The van der Waals surface area contributed by atoms with Crippen LogP contribution in [0.25, 0.3) is 11.3 Å². The highest BCUT2D eigenvalue weighted by molar-refractivity contribution is 6.61. The molecule has 2 aromatic rings. The van der Waals surface area contributed by atoms with Crippen LogP contribution in [-0.4, -0.2) is 17.1 Å². The molecule has 1 aliphatic rings. The summed E-state index contributed by atoms with van der Waals surface area (Å²) >= 11 is 6.12. The van der Waals surface area contributed by atoms with Crippen molar-refractivity contribution in [3.63, 3.8) is 0 Å². The van der Waals surface area contributed by atoms with Crippen molar-refractivity contribution >= 4 is 24.2 Å². The van der Waals surface area contributed by atoms with Crippen molar-refractivity contribution in [2.45, 2.75) is 6.61 Å². The van der Waals surface area contributed by atoms with Gasteiger partial charge in [0.25, 0.3) is 0 Å². The van der Waals surface area contributed by atoms with Crippen LogP contribution in [0.1, 0.15) is 5.56 Å². The summed E-state index contributed by atoms with van der Waals surface area (Å²) in [5.41, 5.74) is 2.35. The first kappa shape index (κ1) is 9.90. The van der Waals surface area contributed by atoms with Gasteiger partial charge in [-0.2, -0.15) is 0 Å². The molecule has 2 heterocycles. The van der Waals surface area contributed by atoms with Crippen LogP contribution in [0.2, 0.25) is 5.02 Å². The Labute approximate surface area is 97.0 Å². The Kier molecular flexibility index (Phi) is 2.24. The van der Waals surface area contributed by atoms with Crippen LogP contribution >= 0.6 is 11.6 Å². The summed E-state index contributed by atoms with van der Waals surface area (Å²) in [6.45, 7) is 0.382. The van der Waals surface area contributed by atoms with E-state index in [-0.39, 0.29) is 0 Å². The van der Waals surface area contributed by atoms with Crippen LogP contribution in [0.15, 0.2) is 29.1 Å². The smallest absolute Gasteiger partial charge is 0.443 e. The standard InChI is InChI=1S/C10H7BClNO3/c12-9-1-6-4-16-11(14)8(6)2-7(9)10-3-13-5-15-10/h1-3,5,14H,4H2. The third kappa shape index (κ3) is 1.45. The van der Waals surface area contributed by atoms with Crippen molar-refractivity contribution in [2.75, 3.05) is 0 Å². The number of rotatable bonds is 1. The van der Waals surface area contributed by atoms with Gasteiger partial charge in [-0.25, -0.2) is 4.98 Å². The highest BCUT2D eigenvalue weighted by Gasteiger charge is 2.28. The van der Waals surface area contributed by atoms with Gasteiger partial charge in [0.05, 0.1) is 17.8 Å². The fourth-order valence-corrected chi connectivity index (χ4v) is 2.06. The molecular weight excluding hydrogens is 228 g/mol. The molecule has 0 saturated carbocycles. The highest BCUT2D eigenvalue weighted by Crippen LogP contribution is 2.29. The van der Waals surface area contributed by atoms with E-state index in [9.17, 15) is 5.02 Å². The zero-order valence-corrected chi connectivity index (χ0v) is 8.94. The molecule has 1 N–H and O–H groups in total. The minimum Gasteiger partial charge on any atom is -0.443 e. The first-order valence-electron chi connectivity index (χ1n) is 4.76. The van der Waals surface area contributed by atoms with Gasteiger partial charge in [0.15, 0.2) is 12.2 Å². The number of fused-ring (bicyclic) bond motifs is 1. The van der Waals surface area contributed by atoms with Gasteiger partial charge in [0.2, 0.25) is 0 Å². The minimum atomic E-state index is -0.881. The van der Waals surface area contributed by atoms with Crippen LogP contribution in [0.5, 0.6) is 0 Å². The fourth-order valence-electron chi connectivity index (χ4n) is 1.78. The van der Waals surface area contributed by atoms with Crippen LogP contribution < -0.4 is 5.46 Å². The lowest BCUT2D eigenvalue weighted by Gasteiger charge is -2.04. The summed E-state index contributed by atoms with van der Waals surface area (Å²) in [5.74, 6) is 0.576. The second kappa shape index (κ2) is 3.62. The van der Waals surface area contributed by atoms with E-state index in [4.69, 9.17) is 20.7 Å². The van der Waals surface area contributed by atoms with Gasteiger partial charge in [-0.3, -0.25) is 0 Å². The minimum absolute atomic E-state index is 0.382. The molecule has 80 valence electrons. The maximum absolute atomic E-state index is 9.58. The van der Waals surface area contributed by atoms with E-state index in [2.05, 4.69) is 4.98 Å². The Morgan fingerprint density at radius 3 is 3.06 bits per heavy atom. The van der Waals surface area contributed by atoms with Crippen molar-refractivity contribution in [2.24, 2.45) is 0 Å². The molecular formula is C10H7BClNO3. The maximum atomic E-state index is 9.58. The molecule has 0 fully saturated rings. The van der Waals surface area contributed by atoms with E-state index < -0.39 is 7.12 Å². The van der Waals surface area contributed by atoms with Crippen LogP contribution in [0, 0.1) is 0 Å². The Morgan fingerprint density at radius 1 is 1.44 bits per heavy atom. The summed E-state index contributed by atoms with van der Waals surface area (Å²) < 4.78 is 10.3. The Morgan fingerprint density at radius 2 is 2.31 bits per heavy atom. The first-order chi connectivity index (χ1) is 7.75. The van der Waals surface area contributed by atoms with E-state index in [1.165, 1.54) is 6.39 Å². The molecule has 0 radical (unpaired) electrons. The van der Waals surface area contributed by atoms with Gasteiger partial charge in [0.1, 0.15) is 0 Å². The number of hydrogen-bond acceptors (Lipinski definition) is 4. The summed E-state index contributed by atoms with van der Waals surface area (Å²) in [7, 11) is -0.881. The molecule has 0 unspecified atom stereocenters. The topological polar surface area (TPSA) is 55.5 Å². The third-order valence-corrected chi connectivity index (χ3v) is 2.90. The predicted molar refractivity (Wildman–Crippen MR) is 59.3 cm³/mol. The van der Waals surface area contributed by atoms with E-state index >= 15 is 0 Å². The molecule has 0 saturated heterocycles. The molecule has 0 bridgehead atoms. The molecule has 1 aromatic carbocycles. The van der Waals surface area contributed by atoms with Crippen molar-refractivity contribution < 1.29 is 14.1 Å². The number of halogens is 1. The van der Waals surface area contributed by atoms with E-state index in [0.29, 0.717) is 23.0 Å². The van der Waals surface area contributed by atoms with Crippen molar-refractivity contribution in [1.82, 2.24) is 4.98 Å². The zero-order chi connectivity index (χ0) is 11.1. The van der Waals surface area contributed by atoms with Gasteiger partial charge in [0, 0.05) is 5.56 Å². The summed E-state index contributed by atoms with van der Waals surface area (Å²) in [4.78, 5) is 3.83. The summed E-state index contributed by atoms with van der Waals surface area (Å²) in [6, 6.07) is 3.56. The van der Waals surface area contributed by atoms with E-state index in [0.717, 1.165) is 11.0 Å². The quantitative estimate of drug-likeness (QED) is 0.755.